The number of aromatic nitrogens is 4. The van der Waals surface area contributed by atoms with E-state index in [9.17, 15) is 0 Å². The molecule has 0 saturated carbocycles. The van der Waals surface area contributed by atoms with Crippen molar-refractivity contribution in [2.75, 3.05) is 5.32 Å². The maximum absolute atomic E-state index is 4.66. The maximum atomic E-state index is 4.66. The van der Waals surface area contributed by atoms with Crippen LogP contribution in [0.15, 0.2) is 61.2 Å². The molecule has 0 aliphatic heterocycles. The lowest BCUT2D eigenvalue weighted by Crippen LogP contribution is -2.02. The van der Waals surface area contributed by atoms with Crippen molar-refractivity contribution >= 4 is 16.9 Å². The van der Waals surface area contributed by atoms with Gasteiger partial charge >= 0.3 is 0 Å². The summed E-state index contributed by atoms with van der Waals surface area (Å²) in [6, 6.07) is 12.2. The number of nitrogens with zero attached hydrogens (tertiary/aromatic N) is 3. The molecule has 4 aromatic heterocycles. The first-order valence-electron chi connectivity index (χ1n) is 7.83. The molecule has 4 aromatic rings. The van der Waals surface area contributed by atoms with Crippen molar-refractivity contribution in [1.29, 1.82) is 0 Å². The molecule has 0 spiro atoms. The largest absolute Gasteiger partial charge is 0.366 e. The van der Waals surface area contributed by atoms with Gasteiger partial charge in [0.2, 0.25) is 0 Å². The van der Waals surface area contributed by atoms with E-state index in [1.807, 2.05) is 43.7 Å². The summed E-state index contributed by atoms with van der Waals surface area (Å²) < 4.78 is 0. The predicted molar refractivity (Wildman–Crippen MR) is 95.6 cm³/mol. The Kier molecular flexibility index (Phi) is 3.67. The summed E-state index contributed by atoms with van der Waals surface area (Å²) >= 11 is 0. The number of rotatable bonds is 4. The molecule has 5 nitrogen and oxygen atoms in total. The minimum Gasteiger partial charge on any atom is -0.366 e. The van der Waals surface area contributed by atoms with Gasteiger partial charge in [0.15, 0.2) is 0 Å². The Hall–Kier alpha value is -3.21. The van der Waals surface area contributed by atoms with Crippen molar-refractivity contribution in [3.8, 4) is 11.1 Å². The van der Waals surface area contributed by atoms with Gasteiger partial charge in [0.05, 0.1) is 0 Å². The van der Waals surface area contributed by atoms with Crippen LogP contribution in [-0.4, -0.2) is 19.9 Å². The number of nitrogens with one attached hydrogen (secondary N) is 2. The topological polar surface area (TPSA) is 66.5 Å². The van der Waals surface area contributed by atoms with Crippen molar-refractivity contribution < 1.29 is 0 Å². The van der Waals surface area contributed by atoms with Crippen LogP contribution in [0.3, 0.4) is 0 Å². The van der Waals surface area contributed by atoms with Crippen LogP contribution >= 0.6 is 0 Å². The third-order valence-corrected chi connectivity index (χ3v) is 3.93. The van der Waals surface area contributed by atoms with Crippen molar-refractivity contribution in [1.82, 2.24) is 19.9 Å². The van der Waals surface area contributed by atoms with Gasteiger partial charge in [-0.1, -0.05) is 6.07 Å². The number of hydrogen-bond donors (Lipinski definition) is 2. The number of pyridine rings is 3. The quantitative estimate of drug-likeness (QED) is 0.598. The van der Waals surface area contributed by atoms with Gasteiger partial charge < -0.3 is 10.3 Å². The van der Waals surface area contributed by atoms with Gasteiger partial charge in [0, 0.05) is 42.4 Å². The molecule has 0 aliphatic carbocycles. The van der Waals surface area contributed by atoms with E-state index in [0.29, 0.717) is 6.54 Å². The molecule has 5 heteroatoms. The molecule has 0 aliphatic rings. The predicted octanol–water partition coefficient (Wildman–Crippen LogP) is 3.94. The molecule has 0 aromatic carbocycles. The van der Waals surface area contributed by atoms with Crippen molar-refractivity contribution in [2.45, 2.75) is 13.5 Å². The normalized spacial score (nSPS) is 10.9. The molecule has 24 heavy (non-hydrogen) atoms. The van der Waals surface area contributed by atoms with Crippen molar-refractivity contribution in [3.63, 3.8) is 0 Å². The number of aryl methyl sites for hydroxylation is 1. The van der Waals surface area contributed by atoms with Crippen LogP contribution in [0.1, 0.15) is 11.3 Å². The zero-order valence-electron chi connectivity index (χ0n) is 13.3. The molecule has 0 amide bonds. The fraction of sp³-hybridized carbons (Fsp3) is 0.105. The summed E-state index contributed by atoms with van der Waals surface area (Å²) in [6.45, 7) is 2.68. The zero-order valence-corrected chi connectivity index (χ0v) is 13.3. The van der Waals surface area contributed by atoms with Crippen LogP contribution in [0.2, 0.25) is 0 Å². The number of anilines is 1. The molecule has 0 bridgehead atoms. The Bertz CT molecular complexity index is 975. The average Bonchev–Trinajstić information content (AvgIpc) is 3.08. The van der Waals surface area contributed by atoms with Crippen LogP contribution in [-0.2, 0) is 6.54 Å². The molecule has 0 radical (unpaired) electrons. The molecule has 0 fully saturated rings. The molecule has 0 saturated heterocycles. The van der Waals surface area contributed by atoms with E-state index in [0.717, 1.165) is 39.2 Å². The van der Waals surface area contributed by atoms with E-state index < -0.39 is 0 Å². The standard InChI is InChI=1S/C19H17N5/c1-13-9-15(4-7-21-13)17-10-18(24-19-16(17)5-8-22-19)23-12-14-3-2-6-20-11-14/h2-11H,12H2,1H3,(H2,22,23,24). The summed E-state index contributed by atoms with van der Waals surface area (Å²) in [6.07, 6.45) is 7.39. The SMILES string of the molecule is Cc1cc(-c2cc(NCc3cccnc3)nc3[nH]ccc23)ccn1. The van der Waals surface area contributed by atoms with Gasteiger partial charge in [-0.3, -0.25) is 9.97 Å². The van der Waals surface area contributed by atoms with Crippen LogP contribution in [0.25, 0.3) is 22.2 Å². The lowest BCUT2D eigenvalue weighted by atomic mass is 10.0. The molecular weight excluding hydrogens is 298 g/mol. The maximum Gasteiger partial charge on any atom is 0.140 e. The van der Waals surface area contributed by atoms with E-state index >= 15 is 0 Å². The summed E-state index contributed by atoms with van der Waals surface area (Å²) in [5.41, 5.74) is 5.26. The van der Waals surface area contributed by atoms with Crippen LogP contribution < -0.4 is 5.32 Å². The van der Waals surface area contributed by atoms with Crippen molar-refractivity contribution in [2.24, 2.45) is 0 Å². The highest BCUT2D eigenvalue weighted by atomic mass is 15.0. The number of aromatic amines is 1. The van der Waals surface area contributed by atoms with E-state index in [1.165, 1.54) is 0 Å². The molecule has 4 heterocycles. The first-order chi connectivity index (χ1) is 11.8. The Morgan fingerprint density at radius 3 is 2.92 bits per heavy atom. The minimum absolute atomic E-state index is 0.682. The fourth-order valence-corrected chi connectivity index (χ4v) is 2.78. The van der Waals surface area contributed by atoms with Gasteiger partial charge in [-0.05, 0) is 53.9 Å². The second-order valence-corrected chi connectivity index (χ2v) is 5.70. The van der Waals surface area contributed by atoms with Crippen LogP contribution in [0, 0.1) is 6.92 Å². The summed E-state index contributed by atoms with van der Waals surface area (Å²) in [7, 11) is 0. The summed E-state index contributed by atoms with van der Waals surface area (Å²) in [4.78, 5) is 16.3. The van der Waals surface area contributed by atoms with E-state index in [4.69, 9.17) is 0 Å². The highest BCUT2D eigenvalue weighted by molar-refractivity contribution is 5.94. The molecular formula is C19H17N5. The highest BCUT2D eigenvalue weighted by Gasteiger charge is 2.09. The first kappa shape index (κ1) is 14.4. The summed E-state index contributed by atoms with van der Waals surface area (Å²) in [5, 5.41) is 4.49. The molecule has 2 N–H and O–H groups in total. The Balaban J connectivity index is 1.72. The number of hydrogen-bond acceptors (Lipinski definition) is 4. The van der Waals surface area contributed by atoms with Gasteiger partial charge in [0.1, 0.15) is 11.5 Å². The van der Waals surface area contributed by atoms with Gasteiger partial charge in [-0.25, -0.2) is 4.98 Å². The van der Waals surface area contributed by atoms with Crippen LogP contribution in [0.5, 0.6) is 0 Å². The number of H-pyrrole nitrogens is 1. The fourth-order valence-electron chi connectivity index (χ4n) is 2.78. The van der Waals surface area contributed by atoms with Gasteiger partial charge in [-0.15, -0.1) is 0 Å². The third-order valence-electron chi connectivity index (χ3n) is 3.93. The summed E-state index contributed by atoms with van der Waals surface area (Å²) in [5.74, 6) is 0.832. The van der Waals surface area contributed by atoms with E-state index in [2.05, 4.69) is 43.5 Å². The number of fused-ring (bicyclic) bond motifs is 1. The Morgan fingerprint density at radius 1 is 1.12 bits per heavy atom. The van der Waals surface area contributed by atoms with E-state index in [1.54, 1.807) is 6.20 Å². The molecule has 0 atom stereocenters. The van der Waals surface area contributed by atoms with E-state index in [-0.39, 0.29) is 0 Å². The first-order valence-corrected chi connectivity index (χ1v) is 7.83. The monoisotopic (exact) mass is 315 g/mol. The van der Waals surface area contributed by atoms with Crippen molar-refractivity contribution in [3.05, 3.63) is 72.4 Å². The zero-order chi connectivity index (χ0) is 16.4. The average molecular weight is 315 g/mol. The lowest BCUT2D eigenvalue weighted by molar-refractivity contribution is 1.09. The van der Waals surface area contributed by atoms with Gasteiger partial charge in [-0.2, -0.15) is 0 Å². The molecule has 4 rings (SSSR count). The minimum atomic E-state index is 0.682. The Labute approximate surface area is 139 Å². The molecule has 118 valence electrons. The second kappa shape index (κ2) is 6.12. The highest BCUT2D eigenvalue weighted by Crippen LogP contribution is 2.30. The second-order valence-electron chi connectivity index (χ2n) is 5.70. The van der Waals surface area contributed by atoms with Crippen LogP contribution in [0.4, 0.5) is 5.82 Å². The third kappa shape index (κ3) is 2.84. The molecule has 0 unspecified atom stereocenters. The Morgan fingerprint density at radius 2 is 2.08 bits per heavy atom. The van der Waals surface area contributed by atoms with Gasteiger partial charge in [0.25, 0.3) is 0 Å². The smallest absolute Gasteiger partial charge is 0.140 e. The lowest BCUT2D eigenvalue weighted by Gasteiger charge is -2.10.